The van der Waals surface area contributed by atoms with E-state index in [1.165, 1.54) is 62.1 Å². The van der Waals surface area contributed by atoms with Gasteiger partial charge in [-0.3, -0.25) is 0 Å². The van der Waals surface area contributed by atoms with Gasteiger partial charge in [-0.05, 0) is 60.3 Å². The molecular formula is C25H32F2. The molecule has 0 amide bonds. The molecule has 0 aromatic heterocycles. The van der Waals surface area contributed by atoms with Crippen molar-refractivity contribution in [3.63, 3.8) is 0 Å². The SMILES string of the molecule is CCC[C@H]1CC[C@H](CCc2ccc(CCc3cccc(F)c3F)cc2)CC1. The van der Waals surface area contributed by atoms with Gasteiger partial charge in [0.2, 0.25) is 0 Å². The lowest BCUT2D eigenvalue weighted by molar-refractivity contribution is 0.252. The lowest BCUT2D eigenvalue weighted by Crippen LogP contribution is -2.15. The summed E-state index contributed by atoms with van der Waals surface area (Å²) in [5, 5.41) is 0. The van der Waals surface area contributed by atoms with Crippen molar-refractivity contribution in [2.45, 2.75) is 71.1 Å². The van der Waals surface area contributed by atoms with Gasteiger partial charge >= 0.3 is 0 Å². The number of hydrogen-bond donors (Lipinski definition) is 0. The van der Waals surface area contributed by atoms with E-state index in [2.05, 4.69) is 31.2 Å². The topological polar surface area (TPSA) is 0 Å². The van der Waals surface area contributed by atoms with Crippen LogP contribution in [0.25, 0.3) is 0 Å². The Bertz CT molecular complexity index is 697. The summed E-state index contributed by atoms with van der Waals surface area (Å²) >= 11 is 0. The van der Waals surface area contributed by atoms with Crippen LogP contribution in [-0.2, 0) is 19.3 Å². The van der Waals surface area contributed by atoms with Crippen LogP contribution in [0.15, 0.2) is 42.5 Å². The molecule has 146 valence electrons. The maximum absolute atomic E-state index is 13.7. The quantitative estimate of drug-likeness (QED) is 0.458. The predicted molar refractivity (Wildman–Crippen MR) is 109 cm³/mol. The van der Waals surface area contributed by atoms with Crippen LogP contribution >= 0.6 is 0 Å². The first-order valence-corrected chi connectivity index (χ1v) is 10.7. The molecule has 2 aromatic carbocycles. The summed E-state index contributed by atoms with van der Waals surface area (Å²) in [7, 11) is 0. The minimum atomic E-state index is -0.758. The highest BCUT2D eigenvalue weighted by atomic mass is 19.2. The van der Waals surface area contributed by atoms with Crippen LogP contribution in [0.3, 0.4) is 0 Å². The Kier molecular flexibility index (Phi) is 7.43. The molecule has 0 bridgehead atoms. The normalized spacial score (nSPS) is 20.0. The standard InChI is InChI=1S/C25H32F2/c1-2-4-19-7-9-20(10-8-19)11-12-21-13-15-22(16-14-21)17-18-23-5-3-6-24(26)25(23)27/h3,5-6,13-16,19-20H,2,4,7-12,17-18H2,1H3/t19-,20-. The summed E-state index contributed by atoms with van der Waals surface area (Å²) in [5.41, 5.74) is 3.03. The minimum absolute atomic E-state index is 0.456. The molecule has 27 heavy (non-hydrogen) atoms. The van der Waals surface area contributed by atoms with E-state index in [4.69, 9.17) is 0 Å². The van der Waals surface area contributed by atoms with Crippen molar-refractivity contribution in [2.24, 2.45) is 11.8 Å². The Balaban J connectivity index is 1.43. The number of halogens is 2. The van der Waals surface area contributed by atoms with Gasteiger partial charge in [0.1, 0.15) is 0 Å². The first-order chi connectivity index (χ1) is 13.2. The van der Waals surface area contributed by atoms with Crippen molar-refractivity contribution in [1.82, 2.24) is 0 Å². The lowest BCUT2D eigenvalue weighted by atomic mass is 9.78. The summed E-state index contributed by atoms with van der Waals surface area (Å²) in [4.78, 5) is 0. The molecule has 1 aliphatic carbocycles. The second kappa shape index (κ2) is 10.0. The van der Waals surface area contributed by atoms with E-state index in [0.717, 1.165) is 24.7 Å². The van der Waals surface area contributed by atoms with Gasteiger partial charge in [-0.25, -0.2) is 8.78 Å². The maximum atomic E-state index is 13.7. The molecule has 2 aromatic rings. The molecule has 0 spiro atoms. The van der Waals surface area contributed by atoms with Gasteiger partial charge in [-0.2, -0.15) is 0 Å². The highest BCUT2D eigenvalue weighted by Crippen LogP contribution is 2.33. The van der Waals surface area contributed by atoms with Gasteiger partial charge in [0, 0.05) is 0 Å². The number of benzene rings is 2. The predicted octanol–water partition coefficient (Wildman–Crippen LogP) is 7.29. The molecule has 0 saturated heterocycles. The first-order valence-electron chi connectivity index (χ1n) is 10.7. The van der Waals surface area contributed by atoms with Crippen LogP contribution in [-0.4, -0.2) is 0 Å². The third-order valence-electron chi connectivity index (χ3n) is 6.24. The minimum Gasteiger partial charge on any atom is -0.204 e. The van der Waals surface area contributed by atoms with Gasteiger partial charge in [0.25, 0.3) is 0 Å². The fraction of sp³-hybridized carbons (Fsp3) is 0.520. The number of hydrogen-bond acceptors (Lipinski definition) is 0. The molecule has 1 aliphatic rings. The Morgan fingerprint density at radius 2 is 1.33 bits per heavy atom. The molecule has 0 radical (unpaired) electrons. The highest BCUT2D eigenvalue weighted by molar-refractivity contribution is 5.25. The zero-order valence-corrected chi connectivity index (χ0v) is 16.5. The smallest absolute Gasteiger partial charge is 0.162 e. The van der Waals surface area contributed by atoms with Crippen LogP contribution in [0.1, 0.15) is 68.6 Å². The molecule has 0 nitrogen and oxygen atoms in total. The summed E-state index contributed by atoms with van der Waals surface area (Å²) in [6, 6.07) is 13.1. The Morgan fingerprint density at radius 3 is 1.96 bits per heavy atom. The summed E-state index contributed by atoms with van der Waals surface area (Å²) < 4.78 is 27.0. The van der Waals surface area contributed by atoms with Crippen molar-refractivity contribution < 1.29 is 8.78 Å². The largest absolute Gasteiger partial charge is 0.204 e. The number of rotatable bonds is 8. The summed E-state index contributed by atoms with van der Waals surface area (Å²) in [5.74, 6) is 0.413. The molecule has 3 rings (SSSR count). The third kappa shape index (κ3) is 5.89. The van der Waals surface area contributed by atoms with Gasteiger partial charge in [0.05, 0.1) is 0 Å². The van der Waals surface area contributed by atoms with E-state index >= 15 is 0 Å². The van der Waals surface area contributed by atoms with Crippen molar-refractivity contribution >= 4 is 0 Å². The van der Waals surface area contributed by atoms with E-state index in [-0.39, 0.29) is 0 Å². The molecule has 0 heterocycles. The Labute approximate surface area is 163 Å². The zero-order chi connectivity index (χ0) is 19.1. The van der Waals surface area contributed by atoms with Gasteiger partial charge in [-0.15, -0.1) is 0 Å². The molecular weight excluding hydrogens is 338 g/mol. The van der Waals surface area contributed by atoms with Crippen molar-refractivity contribution in [2.75, 3.05) is 0 Å². The molecule has 0 aliphatic heterocycles. The van der Waals surface area contributed by atoms with Crippen molar-refractivity contribution in [1.29, 1.82) is 0 Å². The highest BCUT2D eigenvalue weighted by Gasteiger charge is 2.20. The van der Waals surface area contributed by atoms with Gasteiger partial charge in [-0.1, -0.05) is 81.8 Å². The van der Waals surface area contributed by atoms with E-state index in [1.54, 1.807) is 12.1 Å². The second-order valence-corrected chi connectivity index (χ2v) is 8.24. The molecule has 0 unspecified atom stereocenters. The van der Waals surface area contributed by atoms with Crippen LogP contribution in [0, 0.1) is 23.5 Å². The van der Waals surface area contributed by atoms with Crippen LogP contribution in [0.2, 0.25) is 0 Å². The molecule has 1 fully saturated rings. The van der Waals surface area contributed by atoms with Crippen LogP contribution in [0.5, 0.6) is 0 Å². The van der Waals surface area contributed by atoms with Crippen molar-refractivity contribution in [3.8, 4) is 0 Å². The van der Waals surface area contributed by atoms with Crippen LogP contribution < -0.4 is 0 Å². The average molecular weight is 371 g/mol. The Morgan fingerprint density at radius 1 is 0.741 bits per heavy atom. The first kappa shape index (κ1) is 20.0. The fourth-order valence-electron chi connectivity index (χ4n) is 4.48. The number of aryl methyl sites for hydroxylation is 3. The lowest BCUT2D eigenvalue weighted by Gasteiger charge is -2.28. The molecule has 0 atom stereocenters. The summed E-state index contributed by atoms with van der Waals surface area (Å²) in [6.07, 6.45) is 12.1. The van der Waals surface area contributed by atoms with E-state index in [0.29, 0.717) is 12.0 Å². The third-order valence-corrected chi connectivity index (χ3v) is 6.24. The second-order valence-electron chi connectivity index (χ2n) is 8.24. The molecule has 1 saturated carbocycles. The summed E-state index contributed by atoms with van der Waals surface area (Å²) in [6.45, 7) is 2.30. The molecule has 0 N–H and O–H groups in total. The fourth-order valence-corrected chi connectivity index (χ4v) is 4.48. The maximum Gasteiger partial charge on any atom is 0.162 e. The Hall–Kier alpha value is -1.70. The van der Waals surface area contributed by atoms with E-state index in [9.17, 15) is 8.78 Å². The van der Waals surface area contributed by atoms with E-state index < -0.39 is 11.6 Å². The molecule has 2 heteroatoms. The van der Waals surface area contributed by atoms with E-state index in [1.807, 2.05) is 0 Å². The van der Waals surface area contributed by atoms with Gasteiger partial charge in [0.15, 0.2) is 11.6 Å². The van der Waals surface area contributed by atoms with Crippen molar-refractivity contribution in [3.05, 3.63) is 70.8 Å². The zero-order valence-electron chi connectivity index (χ0n) is 16.5. The van der Waals surface area contributed by atoms with Crippen LogP contribution in [0.4, 0.5) is 8.78 Å². The average Bonchev–Trinajstić information content (AvgIpc) is 2.70. The van der Waals surface area contributed by atoms with Gasteiger partial charge < -0.3 is 0 Å². The monoisotopic (exact) mass is 370 g/mol.